The van der Waals surface area contributed by atoms with Crippen molar-refractivity contribution in [2.45, 2.75) is 16.7 Å². The number of hydroxylamine groups is 1. The number of hydrazine groups is 1. The summed E-state index contributed by atoms with van der Waals surface area (Å²) in [4.78, 5) is 16.6. The second kappa shape index (κ2) is 11.6. The average molecular weight is 525 g/mol. The van der Waals surface area contributed by atoms with Crippen LogP contribution in [0.3, 0.4) is 0 Å². The van der Waals surface area contributed by atoms with Gasteiger partial charge in [0.1, 0.15) is 6.04 Å². The summed E-state index contributed by atoms with van der Waals surface area (Å²) in [6, 6.07) is 20.5. The Labute approximate surface area is 216 Å². The van der Waals surface area contributed by atoms with E-state index in [2.05, 4.69) is 4.98 Å². The number of nitrogens with zero attached hydrogens (tertiary/aromatic N) is 2. The Bertz CT molecular complexity index is 1340. The summed E-state index contributed by atoms with van der Waals surface area (Å²) in [5.41, 5.74) is 11.0. The van der Waals surface area contributed by atoms with Crippen molar-refractivity contribution in [3.8, 4) is 10.4 Å². The number of nitrogens with two attached hydrogens (primary N) is 2. The predicted molar refractivity (Wildman–Crippen MR) is 143 cm³/mol. The van der Waals surface area contributed by atoms with E-state index < -0.39 is 23.3 Å². The number of nitrogens with one attached hydrogen (secondary N) is 2. The topological polar surface area (TPSA) is 147 Å². The van der Waals surface area contributed by atoms with Crippen LogP contribution in [0.5, 0.6) is 0 Å². The van der Waals surface area contributed by atoms with E-state index in [1.165, 1.54) is 17.5 Å². The van der Waals surface area contributed by atoms with Crippen molar-refractivity contribution < 1.29 is 14.6 Å². The molecule has 188 valence electrons. The Morgan fingerprint density at radius 3 is 2.67 bits per heavy atom. The lowest BCUT2D eigenvalue weighted by atomic mass is 10.0. The Hall–Kier alpha value is -3.32. The quantitative estimate of drug-likeness (QED) is 0.0927. The first kappa shape index (κ1) is 25.8. The maximum absolute atomic E-state index is 13.1. The van der Waals surface area contributed by atoms with Crippen LogP contribution in [0.2, 0.25) is 0 Å². The molecule has 9 nitrogen and oxygen atoms in total. The van der Waals surface area contributed by atoms with Gasteiger partial charge in [0.25, 0.3) is 5.91 Å². The summed E-state index contributed by atoms with van der Waals surface area (Å²) in [5, 5.41) is 11.4. The number of amides is 1. The molecule has 0 aliphatic heterocycles. The number of carbonyl (C=O) groups is 1. The van der Waals surface area contributed by atoms with Crippen LogP contribution in [0.1, 0.15) is 5.56 Å². The minimum Gasteiger partial charge on any atom is -0.592 e. The fraction of sp³-hybridized carbons (Fsp3) is 0.160. The van der Waals surface area contributed by atoms with Gasteiger partial charge in [0.05, 0.1) is 17.9 Å². The zero-order chi connectivity index (χ0) is 25.7. The zero-order valence-electron chi connectivity index (χ0n) is 19.6. The van der Waals surface area contributed by atoms with Gasteiger partial charge in [-0.1, -0.05) is 59.9 Å². The molecular formula is C25H28N6O3S2. The van der Waals surface area contributed by atoms with Crippen LogP contribution in [0.4, 0.5) is 0 Å². The van der Waals surface area contributed by atoms with E-state index in [1.54, 1.807) is 16.8 Å². The van der Waals surface area contributed by atoms with E-state index in [1.807, 2.05) is 72.9 Å². The normalized spacial score (nSPS) is 13.6. The van der Waals surface area contributed by atoms with Gasteiger partial charge in [-0.25, -0.2) is 11.3 Å². The fourth-order valence-electron chi connectivity index (χ4n) is 3.88. The maximum Gasteiger partial charge on any atom is 0.267 e. The lowest BCUT2D eigenvalue weighted by Crippen LogP contribution is -2.49. The first-order chi connectivity index (χ1) is 17.4. The number of carbonyl (C=O) groups excluding carboxylic acids is 1. The van der Waals surface area contributed by atoms with E-state index >= 15 is 0 Å². The van der Waals surface area contributed by atoms with E-state index in [0.717, 1.165) is 31.9 Å². The molecule has 0 aliphatic carbocycles. The number of hydrogen-bond donors (Lipinski definition) is 5. The second-order valence-electron chi connectivity index (χ2n) is 8.23. The van der Waals surface area contributed by atoms with Crippen molar-refractivity contribution in [2.75, 3.05) is 13.6 Å². The number of aromatic amines is 1. The van der Waals surface area contributed by atoms with Crippen molar-refractivity contribution in [2.24, 2.45) is 11.6 Å². The largest absolute Gasteiger partial charge is 0.592 e. The smallest absolute Gasteiger partial charge is 0.267 e. The Morgan fingerprint density at radius 1 is 1.19 bits per heavy atom. The minimum atomic E-state index is -1.43. The number of thiophene rings is 1. The van der Waals surface area contributed by atoms with Gasteiger partial charge < -0.3 is 20.3 Å². The number of para-hydroxylation sites is 1. The van der Waals surface area contributed by atoms with Gasteiger partial charge in [0, 0.05) is 53.4 Å². The minimum absolute atomic E-state index is 0.152. The molecule has 1 amide bonds. The fourth-order valence-corrected chi connectivity index (χ4v) is 6.32. The SMILES string of the molecule is CN(C/C(N)=C/N(N)[C@@H](Cc1c[nH]c2ccccc12)C(=O)NO)[S+]([O-])c1ccc(-c2ccccc2)s1. The lowest BCUT2D eigenvalue weighted by molar-refractivity contribution is -0.134. The van der Waals surface area contributed by atoms with Crippen molar-refractivity contribution in [1.29, 1.82) is 0 Å². The highest BCUT2D eigenvalue weighted by atomic mass is 32.2. The van der Waals surface area contributed by atoms with E-state index in [9.17, 15) is 14.6 Å². The third-order valence-corrected chi connectivity index (χ3v) is 8.46. The third-order valence-electron chi connectivity index (χ3n) is 5.68. The van der Waals surface area contributed by atoms with E-state index in [0.29, 0.717) is 9.91 Å². The van der Waals surface area contributed by atoms with Crippen molar-refractivity contribution in [3.05, 3.63) is 90.4 Å². The Morgan fingerprint density at radius 2 is 1.92 bits per heavy atom. The summed E-state index contributed by atoms with van der Waals surface area (Å²) < 4.78 is 15.4. The Balaban J connectivity index is 1.44. The predicted octanol–water partition coefficient (Wildman–Crippen LogP) is 2.94. The molecule has 0 saturated heterocycles. The molecule has 11 heteroatoms. The van der Waals surface area contributed by atoms with Gasteiger partial charge in [-0.15, -0.1) is 4.31 Å². The standard InChI is InChI=1S/C25H28N6O3S2/c1-30(36(34)24-12-11-23(35-24)17-7-3-2-4-8-17)15-19(26)16-31(27)22(25(32)29-33)13-18-14-28-21-10-6-5-9-20(18)21/h2-12,14,16,22,28,33H,13,15,26-27H2,1H3,(H,29,32)/b19-16-/t22-,36?/m0/s1. The van der Waals surface area contributed by atoms with Crippen LogP contribution in [-0.2, 0) is 22.6 Å². The summed E-state index contributed by atoms with van der Waals surface area (Å²) in [7, 11) is 1.70. The molecule has 7 N–H and O–H groups in total. The monoisotopic (exact) mass is 524 g/mol. The Kier molecular flexibility index (Phi) is 8.31. The van der Waals surface area contributed by atoms with Gasteiger partial charge in [-0.3, -0.25) is 10.0 Å². The number of fused-ring (bicyclic) bond motifs is 1. The molecule has 1 unspecified atom stereocenters. The number of H-pyrrole nitrogens is 1. The molecule has 0 spiro atoms. The molecular weight excluding hydrogens is 496 g/mol. The average Bonchev–Trinajstić information content (AvgIpc) is 3.54. The van der Waals surface area contributed by atoms with Crippen LogP contribution >= 0.6 is 11.3 Å². The van der Waals surface area contributed by atoms with Crippen LogP contribution in [0, 0.1) is 0 Å². The molecule has 0 saturated carbocycles. The number of rotatable bonds is 10. The lowest BCUT2D eigenvalue weighted by Gasteiger charge is -2.25. The van der Waals surface area contributed by atoms with Gasteiger partial charge in [0.15, 0.2) is 0 Å². The van der Waals surface area contributed by atoms with Gasteiger partial charge in [-0.2, -0.15) is 0 Å². The first-order valence-corrected chi connectivity index (χ1v) is 13.1. The summed E-state index contributed by atoms with van der Waals surface area (Å²) in [6.07, 6.45) is 3.47. The van der Waals surface area contributed by atoms with Crippen molar-refractivity contribution in [3.63, 3.8) is 0 Å². The highest BCUT2D eigenvalue weighted by molar-refractivity contribution is 7.91. The molecule has 2 atom stereocenters. The number of likely N-dealkylation sites (N-methyl/N-ethyl adjacent to an activating group) is 1. The maximum atomic E-state index is 13.1. The summed E-state index contributed by atoms with van der Waals surface area (Å²) in [5.74, 6) is 5.52. The second-order valence-corrected chi connectivity index (χ2v) is 11.1. The summed E-state index contributed by atoms with van der Waals surface area (Å²) in [6.45, 7) is 0.152. The van der Waals surface area contributed by atoms with Crippen molar-refractivity contribution in [1.82, 2.24) is 19.8 Å². The third kappa shape index (κ3) is 5.90. The molecule has 2 aromatic carbocycles. The first-order valence-electron chi connectivity index (χ1n) is 11.1. The van der Waals surface area contributed by atoms with Crippen LogP contribution < -0.4 is 17.1 Å². The van der Waals surface area contributed by atoms with Crippen LogP contribution in [0.25, 0.3) is 21.3 Å². The highest BCUT2D eigenvalue weighted by Crippen LogP contribution is 2.32. The molecule has 4 rings (SSSR count). The van der Waals surface area contributed by atoms with Gasteiger partial charge in [0.2, 0.25) is 4.21 Å². The van der Waals surface area contributed by atoms with E-state index in [-0.39, 0.29) is 13.0 Å². The number of benzene rings is 2. The molecule has 0 fully saturated rings. The molecule has 0 bridgehead atoms. The molecule has 36 heavy (non-hydrogen) atoms. The van der Waals surface area contributed by atoms with Crippen molar-refractivity contribution >= 4 is 39.5 Å². The molecule has 2 heterocycles. The zero-order valence-corrected chi connectivity index (χ0v) is 21.3. The summed E-state index contributed by atoms with van der Waals surface area (Å²) >= 11 is 0.0261. The van der Waals surface area contributed by atoms with Gasteiger partial charge in [-0.05, 0) is 23.3 Å². The highest BCUT2D eigenvalue weighted by Gasteiger charge is 2.26. The van der Waals surface area contributed by atoms with Gasteiger partial charge >= 0.3 is 0 Å². The van der Waals surface area contributed by atoms with Crippen LogP contribution in [0.15, 0.2) is 89.0 Å². The number of hydrogen-bond acceptors (Lipinski definition) is 8. The van der Waals surface area contributed by atoms with E-state index in [4.69, 9.17) is 11.6 Å². The molecule has 2 aromatic heterocycles. The molecule has 0 radical (unpaired) electrons. The number of aromatic nitrogens is 1. The molecule has 4 aromatic rings. The molecule has 0 aliphatic rings. The van der Waals surface area contributed by atoms with Crippen LogP contribution in [-0.4, -0.2) is 49.6 Å².